The van der Waals surface area contributed by atoms with E-state index in [2.05, 4.69) is 0 Å². The highest BCUT2D eigenvalue weighted by molar-refractivity contribution is 14.1. The quantitative estimate of drug-likeness (QED) is 0.870. The van der Waals surface area contributed by atoms with Gasteiger partial charge in [-0.05, 0) is 53.5 Å². The maximum atomic E-state index is 13.6. The molecule has 0 aromatic heterocycles. The van der Waals surface area contributed by atoms with E-state index < -0.39 is 17.7 Å². The van der Waals surface area contributed by atoms with Crippen molar-refractivity contribution in [2.24, 2.45) is 5.92 Å². The van der Waals surface area contributed by atoms with Gasteiger partial charge in [0.05, 0.1) is 5.92 Å². The van der Waals surface area contributed by atoms with Gasteiger partial charge in [0.15, 0.2) is 0 Å². The molecule has 0 amide bonds. The zero-order chi connectivity index (χ0) is 11.0. The van der Waals surface area contributed by atoms with E-state index in [9.17, 15) is 9.18 Å². The molecule has 1 N–H and O–H groups in total. The summed E-state index contributed by atoms with van der Waals surface area (Å²) in [6.45, 7) is 0. The largest absolute Gasteiger partial charge is 0.481 e. The van der Waals surface area contributed by atoms with Crippen LogP contribution >= 0.6 is 22.6 Å². The van der Waals surface area contributed by atoms with Gasteiger partial charge >= 0.3 is 5.97 Å². The van der Waals surface area contributed by atoms with Crippen molar-refractivity contribution in [1.82, 2.24) is 0 Å². The summed E-state index contributed by atoms with van der Waals surface area (Å²) in [7, 11) is 0. The van der Waals surface area contributed by atoms with Crippen molar-refractivity contribution in [3.63, 3.8) is 0 Å². The molecule has 1 aromatic rings. The molecule has 0 bridgehead atoms. The fourth-order valence-electron chi connectivity index (χ4n) is 1.77. The summed E-state index contributed by atoms with van der Waals surface area (Å²) in [5.41, 5.74) is 0.324. The van der Waals surface area contributed by atoms with Gasteiger partial charge in [-0.1, -0.05) is 6.07 Å². The van der Waals surface area contributed by atoms with E-state index in [4.69, 9.17) is 5.11 Å². The van der Waals surface area contributed by atoms with Gasteiger partial charge in [0.1, 0.15) is 5.82 Å². The molecule has 1 unspecified atom stereocenters. The molecule has 1 aliphatic carbocycles. The van der Waals surface area contributed by atoms with Crippen LogP contribution in [-0.2, 0) is 4.79 Å². The molecule has 80 valence electrons. The Morgan fingerprint density at radius 1 is 1.53 bits per heavy atom. The second kappa shape index (κ2) is 4.08. The lowest BCUT2D eigenvalue weighted by atomic mass is 9.94. The number of aliphatic carboxylic acids is 1. The molecule has 0 heterocycles. The Bertz CT molecular complexity index is 402. The van der Waals surface area contributed by atoms with Crippen LogP contribution in [0.4, 0.5) is 4.39 Å². The van der Waals surface area contributed by atoms with Crippen LogP contribution in [-0.4, -0.2) is 11.1 Å². The van der Waals surface area contributed by atoms with Gasteiger partial charge in [-0.25, -0.2) is 4.39 Å². The Balaban J connectivity index is 2.37. The predicted octanol–water partition coefficient (Wildman–Crippen LogP) is 3.01. The summed E-state index contributed by atoms with van der Waals surface area (Å²) < 4.78 is 14.4. The molecule has 2 rings (SSSR count). The van der Waals surface area contributed by atoms with Crippen molar-refractivity contribution in [3.05, 3.63) is 33.1 Å². The Kier molecular flexibility index (Phi) is 2.95. The Hall–Kier alpha value is -0.650. The lowest BCUT2D eigenvalue weighted by molar-refractivity contribution is -0.139. The first kappa shape index (κ1) is 10.9. The van der Waals surface area contributed by atoms with Gasteiger partial charge in [0.2, 0.25) is 0 Å². The molecule has 0 radical (unpaired) electrons. The highest BCUT2D eigenvalue weighted by atomic mass is 127. The third-order valence-electron chi connectivity index (χ3n) is 2.66. The average Bonchev–Trinajstić information content (AvgIpc) is 2.92. The summed E-state index contributed by atoms with van der Waals surface area (Å²) in [4.78, 5) is 11.1. The zero-order valence-electron chi connectivity index (χ0n) is 7.91. The van der Waals surface area contributed by atoms with Gasteiger partial charge in [0.25, 0.3) is 0 Å². The first-order valence-electron chi connectivity index (χ1n) is 4.77. The normalized spacial score (nSPS) is 17.5. The molecule has 0 spiro atoms. The highest BCUT2D eigenvalue weighted by Crippen LogP contribution is 2.43. The third-order valence-corrected chi connectivity index (χ3v) is 3.33. The van der Waals surface area contributed by atoms with E-state index >= 15 is 0 Å². The molecule has 0 saturated heterocycles. The van der Waals surface area contributed by atoms with E-state index in [0.29, 0.717) is 5.56 Å². The van der Waals surface area contributed by atoms with Crippen molar-refractivity contribution in [1.29, 1.82) is 0 Å². The molecule has 1 atom stereocenters. The smallest absolute Gasteiger partial charge is 0.311 e. The second-order valence-corrected chi connectivity index (χ2v) is 5.06. The van der Waals surface area contributed by atoms with Crippen LogP contribution in [0.5, 0.6) is 0 Å². The first-order valence-corrected chi connectivity index (χ1v) is 5.85. The lowest BCUT2D eigenvalue weighted by Crippen LogP contribution is -2.15. The van der Waals surface area contributed by atoms with Gasteiger partial charge in [-0.2, -0.15) is 0 Å². The minimum Gasteiger partial charge on any atom is -0.481 e. The molecule has 1 fully saturated rings. The fourth-order valence-corrected chi connectivity index (χ4v) is 2.23. The lowest BCUT2D eigenvalue weighted by Gasteiger charge is -2.12. The standard InChI is InChI=1S/C11H10FIO2/c12-9-5-7(13)3-4-8(9)10(11(14)15)6-1-2-6/h3-6,10H,1-2H2,(H,14,15). The molecule has 0 aliphatic heterocycles. The number of rotatable bonds is 3. The molecule has 15 heavy (non-hydrogen) atoms. The second-order valence-electron chi connectivity index (χ2n) is 3.82. The maximum absolute atomic E-state index is 13.6. The van der Waals surface area contributed by atoms with E-state index in [1.807, 2.05) is 22.6 Å². The number of hydrogen-bond donors (Lipinski definition) is 1. The van der Waals surface area contributed by atoms with Crippen LogP contribution < -0.4 is 0 Å². The molecule has 2 nitrogen and oxygen atoms in total. The summed E-state index contributed by atoms with van der Waals surface area (Å²) >= 11 is 2.01. The molecule has 1 aromatic carbocycles. The average molecular weight is 320 g/mol. The third kappa shape index (κ3) is 2.30. The highest BCUT2D eigenvalue weighted by Gasteiger charge is 2.38. The van der Waals surface area contributed by atoms with Gasteiger partial charge in [-0.3, -0.25) is 4.79 Å². The number of benzene rings is 1. The Morgan fingerprint density at radius 2 is 2.20 bits per heavy atom. The summed E-state index contributed by atoms with van der Waals surface area (Å²) in [5.74, 6) is -1.86. The van der Waals surface area contributed by atoms with Crippen molar-refractivity contribution in [2.75, 3.05) is 0 Å². The fraction of sp³-hybridized carbons (Fsp3) is 0.364. The van der Waals surface area contributed by atoms with E-state index in [1.165, 1.54) is 6.07 Å². The molecule has 4 heteroatoms. The van der Waals surface area contributed by atoms with Crippen LogP contribution in [0.1, 0.15) is 24.3 Å². The number of carboxylic acids is 1. The predicted molar refractivity (Wildman–Crippen MR) is 62.2 cm³/mol. The minimum absolute atomic E-state index is 0.122. The molecular weight excluding hydrogens is 310 g/mol. The van der Waals surface area contributed by atoms with Crippen LogP contribution in [0, 0.1) is 15.3 Å². The number of hydrogen-bond acceptors (Lipinski definition) is 1. The van der Waals surface area contributed by atoms with Crippen molar-refractivity contribution in [3.8, 4) is 0 Å². The van der Waals surface area contributed by atoms with Crippen LogP contribution in [0.15, 0.2) is 18.2 Å². The number of carbonyl (C=O) groups is 1. The zero-order valence-corrected chi connectivity index (χ0v) is 10.1. The van der Waals surface area contributed by atoms with E-state index in [1.54, 1.807) is 12.1 Å². The first-order chi connectivity index (χ1) is 7.09. The van der Waals surface area contributed by atoms with E-state index in [-0.39, 0.29) is 5.92 Å². The molecule has 1 saturated carbocycles. The summed E-state index contributed by atoms with van der Waals surface area (Å²) in [6, 6.07) is 4.72. The molecular formula is C11H10FIO2. The van der Waals surface area contributed by atoms with Gasteiger partial charge in [0, 0.05) is 9.13 Å². The van der Waals surface area contributed by atoms with Crippen LogP contribution in [0.3, 0.4) is 0 Å². The Morgan fingerprint density at radius 3 is 2.67 bits per heavy atom. The van der Waals surface area contributed by atoms with Crippen LogP contribution in [0.25, 0.3) is 0 Å². The van der Waals surface area contributed by atoms with Crippen LogP contribution in [0.2, 0.25) is 0 Å². The maximum Gasteiger partial charge on any atom is 0.311 e. The van der Waals surface area contributed by atoms with E-state index in [0.717, 1.165) is 16.4 Å². The van der Waals surface area contributed by atoms with Gasteiger partial charge in [-0.15, -0.1) is 0 Å². The van der Waals surface area contributed by atoms with Crippen molar-refractivity contribution < 1.29 is 14.3 Å². The Labute approximate surface area is 101 Å². The number of halogens is 2. The topological polar surface area (TPSA) is 37.3 Å². The monoisotopic (exact) mass is 320 g/mol. The van der Waals surface area contributed by atoms with Crippen molar-refractivity contribution >= 4 is 28.6 Å². The van der Waals surface area contributed by atoms with Crippen molar-refractivity contribution in [2.45, 2.75) is 18.8 Å². The SMILES string of the molecule is O=C(O)C(c1ccc(I)cc1F)C1CC1. The van der Waals surface area contributed by atoms with Gasteiger partial charge < -0.3 is 5.11 Å². The minimum atomic E-state index is -0.919. The number of carboxylic acid groups (broad SMARTS) is 1. The summed E-state index contributed by atoms with van der Waals surface area (Å²) in [5, 5.41) is 9.06. The summed E-state index contributed by atoms with van der Waals surface area (Å²) in [6.07, 6.45) is 1.78. The molecule has 1 aliphatic rings.